The third-order valence-electron chi connectivity index (χ3n) is 3.13. The normalized spacial score (nSPS) is 17.2. The molecular weight excluding hydrogens is 206 g/mol. The maximum atomic E-state index is 10.8. The first-order valence-corrected chi connectivity index (χ1v) is 5.83. The van der Waals surface area contributed by atoms with Crippen LogP contribution < -0.4 is 0 Å². The van der Waals surface area contributed by atoms with E-state index >= 15 is 0 Å². The van der Waals surface area contributed by atoms with Crippen molar-refractivity contribution in [2.75, 3.05) is 0 Å². The lowest BCUT2D eigenvalue weighted by atomic mass is 9.98. The van der Waals surface area contributed by atoms with Crippen molar-refractivity contribution in [1.29, 1.82) is 0 Å². The summed E-state index contributed by atoms with van der Waals surface area (Å²) in [6, 6.07) is 0. The Bertz CT molecular complexity index is 389. The number of aromatic carboxylic acids is 1. The number of rotatable bonds is 3. The fourth-order valence-electron chi connectivity index (χ4n) is 2.34. The van der Waals surface area contributed by atoms with Gasteiger partial charge in [-0.3, -0.25) is 0 Å². The topological polar surface area (TPSA) is 63.3 Å². The Hall–Kier alpha value is -1.32. The van der Waals surface area contributed by atoms with Crippen LogP contribution in [0.4, 0.5) is 0 Å². The molecule has 0 aliphatic heterocycles. The second-order valence-corrected chi connectivity index (χ2v) is 4.71. The molecule has 2 rings (SSSR count). The van der Waals surface area contributed by atoms with Crippen LogP contribution in [0.5, 0.6) is 0 Å². The molecule has 1 aromatic rings. The van der Waals surface area contributed by atoms with Gasteiger partial charge < -0.3 is 9.52 Å². The third kappa shape index (κ3) is 1.96. The van der Waals surface area contributed by atoms with Gasteiger partial charge in [0, 0.05) is 11.8 Å². The zero-order valence-corrected chi connectivity index (χ0v) is 9.69. The van der Waals surface area contributed by atoms with Crippen LogP contribution in [0.2, 0.25) is 0 Å². The molecule has 0 aromatic carbocycles. The number of carbonyl (C=O) groups is 1. The van der Waals surface area contributed by atoms with Gasteiger partial charge in [0.25, 0.3) is 0 Å². The van der Waals surface area contributed by atoms with Crippen molar-refractivity contribution < 1.29 is 14.3 Å². The lowest BCUT2D eigenvalue weighted by Gasteiger charge is -2.08. The third-order valence-corrected chi connectivity index (χ3v) is 3.13. The summed E-state index contributed by atoms with van der Waals surface area (Å²) in [5, 5.41) is 8.89. The van der Waals surface area contributed by atoms with Crippen LogP contribution in [0.15, 0.2) is 4.42 Å². The number of aromatic nitrogens is 1. The molecule has 88 valence electrons. The van der Waals surface area contributed by atoms with Crippen molar-refractivity contribution in [3.05, 3.63) is 17.3 Å². The number of hydrogen-bond donors (Lipinski definition) is 1. The average Bonchev–Trinajstić information content (AvgIpc) is 2.86. The summed E-state index contributed by atoms with van der Waals surface area (Å²) in [6.07, 6.45) is 4.62. The minimum Gasteiger partial charge on any atom is -0.474 e. The van der Waals surface area contributed by atoms with Gasteiger partial charge in [-0.2, -0.15) is 0 Å². The van der Waals surface area contributed by atoms with E-state index in [1.165, 1.54) is 12.8 Å². The Balaban J connectivity index is 2.37. The Morgan fingerprint density at radius 3 is 2.56 bits per heavy atom. The van der Waals surface area contributed by atoms with Gasteiger partial charge in [0.1, 0.15) is 5.76 Å². The van der Waals surface area contributed by atoms with Crippen LogP contribution in [0, 0.1) is 0 Å². The van der Waals surface area contributed by atoms with Gasteiger partial charge >= 0.3 is 11.9 Å². The van der Waals surface area contributed by atoms with Crippen LogP contribution in [0.25, 0.3) is 0 Å². The molecule has 0 unspecified atom stereocenters. The van der Waals surface area contributed by atoms with E-state index in [2.05, 4.69) is 4.98 Å². The number of oxazole rings is 1. The first kappa shape index (κ1) is 11.2. The van der Waals surface area contributed by atoms with Crippen molar-refractivity contribution in [2.45, 2.75) is 51.4 Å². The zero-order chi connectivity index (χ0) is 11.7. The lowest BCUT2D eigenvalue weighted by molar-refractivity contribution is 0.0651. The molecule has 0 saturated heterocycles. The van der Waals surface area contributed by atoms with Crippen molar-refractivity contribution in [3.63, 3.8) is 0 Å². The van der Waals surface area contributed by atoms with E-state index in [0.29, 0.717) is 5.92 Å². The highest BCUT2D eigenvalue weighted by molar-refractivity contribution is 5.82. The maximum Gasteiger partial charge on any atom is 0.392 e. The molecule has 0 bridgehead atoms. The molecule has 0 amide bonds. The predicted octanol–water partition coefficient (Wildman–Crippen LogP) is 3.15. The molecule has 1 aliphatic carbocycles. The Kier molecular flexibility index (Phi) is 2.99. The fourth-order valence-corrected chi connectivity index (χ4v) is 2.34. The van der Waals surface area contributed by atoms with E-state index in [1.54, 1.807) is 0 Å². The molecular formula is C12H17NO3. The Morgan fingerprint density at radius 1 is 1.44 bits per heavy atom. The highest BCUT2D eigenvalue weighted by Crippen LogP contribution is 2.37. The smallest absolute Gasteiger partial charge is 0.392 e. The summed E-state index contributed by atoms with van der Waals surface area (Å²) in [4.78, 5) is 15.0. The Morgan fingerprint density at radius 2 is 2.06 bits per heavy atom. The summed E-state index contributed by atoms with van der Waals surface area (Å²) >= 11 is 0. The molecule has 1 fully saturated rings. The number of hydrogen-bond acceptors (Lipinski definition) is 3. The summed E-state index contributed by atoms with van der Waals surface area (Å²) in [6.45, 7) is 4.01. The van der Waals surface area contributed by atoms with Crippen molar-refractivity contribution in [2.24, 2.45) is 0 Å². The first-order chi connectivity index (χ1) is 7.59. The summed E-state index contributed by atoms with van der Waals surface area (Å²) in [7, 11) is 0. The van der Waals surface area contributed by atoms with Crippen molar-refractivity contribution in [3.8, 4) is 0 Å². The van der Waals surface area contributed by atoms with Crippen LogP contribution in [-0.2, 0) is 0 Å². The molecule has 1 N–H and O–H groups in total. The second kappa shape index (κ2) is 4.28. The predicted molar refractivity (Wildman–Crippen MR) is 58.8 cm³/mol. The van der Waals surface area contributed by atoms with Crippen LogP contribution in [-0.4, -0.2) is 16.1 Å². The number of carboxylic acids is 1. The van der Waals surface area contributed by atoms with E-state index in [-0.39, 0.29) is 11.8 Å². The molecule has 1 aliphatic rings. The van der Waals surface area contributed by atoms with Gasteiger partial charge in [-0.25, -0.2) is 9.78 Å². The fraction of sp³-hybridized carbons (Fsp3) is 0.667. The molecule has 4 nitrogen and oxygen atoms in total. The highest BCUT2D eigenvalue weighted by Gasteiger charge is 2.28. The van der Waals surface area contributed by atoms with Crippen LogP contribution >= 0.6 is 0 Å². The lowest BCUT2D eigenvalue weighted by Crippen LogP contribution is -2.00. The minimum absolute atomic E-state index is 0.161. The summed E-state index contributed by atoms with van der Waals surface area (Å²) in [5.74, 6) is 0.103. The molecule has 1 saturated carbocycles. The second-order valence-electron chi connectivity index (χ2n) is 4.71. The van der Waals surface area contributed by atoms with E-state index in [1.807, 2.05) is 13.8 Å². The molecule has 4 heteroatoms. The Labute approximate surface area is 94.7 Å². The molecule has 0 spiro atoms. The van der Waals surface area contributed by atoms with Gasteiger partial charge in [-0.15, -0.1) is 0 Å². The molecule has 1 aromatic heterocycles. The average molecular weight is 223 g/mol. The standard InChI is InChI=1S/C12H17NO3/c1-7(2)10-9(8-5-3-4-6-8)13-11(16-10)12(14)15/h7-8H,3-6H2,1-2H3,(H,14,15). The SMILES string of the molecule is CC(C)c1oc(C(=O)O)nc1C1CCCC1. The first-order valence-electron chi connectivity index (χ1n) is 5.83. The van der Waals surface area contributed by atoms with E-state index in [0.717, 1.165) is 24.3 Å². The van der Waals surface area contributed by atoms with E-state index in [4.69, 9.17) is 9.52 Å². The molecule has 0 atom stereocenters. The number of carboxylic acid groups (broad SMARTS) is 1. The van der Waals surface area contributed by atoms with Gasteiger partial charge in [-0.1, -0.05) is 26.7 Å². The minimum atomic E-state index is -1.08. The van der Waals surface area contributed by atoms with Gasteiger partial charge in [0.15, 0.2) is 0 Å². The highest BCUT2D eigenvalue weighted by atomic mass is 16.4. The van der Waals surface area contributed by atoms with Gasteiger partial charge in [0.2, 0.25) is 0 Å². The zero-order valence-electron chi connectivity index (χ0n) is 9.69. The van der Waals surface area contributed by atoms with Gasteiger partial charge in [-0.05, 0) is 12.8 Å². The van der Waals surface area contributed by atoms with Crippen molar-refractivity contribution >= 4 is 5.97 Å². The summed E-state index contributed by atoms with van der Waals surface area (Å²) < 4.78 is 5.34. The van der Waals surface area contributed by atoms with Gasteiger partial charge in [0.05, 0.1) is 5.69 Å². The monoisotopic (exact) mass is 223 g/mol. The molecule has 0 radical (unpaired) electrons. The van der Waals surface area contributed by atoms with Crippen LogP contribution in [0.1, 0.15) is 73.5 Å². The molecule has 1 heterocycles. The quantitative estimate of drug-likeness (QED) is 0.854. The van der Waals surface area contributed by atoms with Crippen molar-refractivity contribution in [1.82, 2.24) is 4.98 Å². The number of nitrogens with zero attached hydrogens (tertiary/aromatic N) is 1. The van der Waals surface area contributed by atoms with E-state index in [9.17, 15) is 4.79 Å². The summed E-state index contributed by atoms with van der Waals surface area (Å²) in [5.41, 5.74) is 0.880. The van der Waals surface area contributed by atoms with Crippen LogP contribution in [0.3, 0.4) is 0 Å². The maximum absolute atomic E-state index is 10.8. The largest absolute Gasteiger partial charge is 0.474 e. The molecule has 16 heavy (non-hydrogen) atoms. The van der Waals surface area contributed by atoms with E-state index < -0.39 is 5.97 Å².